The highest BCUT2D eigenvalue weighted by Gasteiger charge is 2.47. The Balaban J connectivity index is 1.95. The largest absolute Gasteiger partial charge is 0.468 e. The number of esters is 1. The number of rotatable bonds is 5. The summed E-state index contributed by atoms with van der Waals surface area (Å²) in [5.41, 5.74) is 2.02. The Morgan fingerprint density at radius 1 is 1.37 bits per heavy atom. The summed E-state index contributed by atoms with van der Waals surface area (Å²) in [4.78, 5) is 14.0. The van der Waals surface area contributed by atoms with Crippen LogP contribution in [0.2, 0.25) is 0 Å². The van der Waals surface area contributed by atoms with Gasteiger partial charge in [-0.25, -0.2) is 0 Å². The monoisotopic (exact) mass is 263 g/mol. The van der Waals surface area contributed by atoms with Gasteiger partial charge in [0.2, 0.25) is 0 Å². The van der Waals surface area contributed by atoms with Gasteiger partial charge in [0.05, 0.1) is 20.3 Å². The minimum absolute atomic E-state index is 0.172. The van der Waals surface area contributed by atoms with Gasteiger partial charge >= 0.3 is 5.97 Å². The number of aryl methyl sites for hydroxylation is 1. The first-order chi connectivity index (χ1) is 9.05. The second-order valence-corrected chi connectivity index (χ2v) is 5.42. The first-order valence-electron chi connectivity index (χ1n) is 6.46. The molecule has 1 saturated heterocycles. The Hall–Kier alpha value is -1.39. The van der Waals surface area contributed by atoms with Crippen LogP contribution < -0.4 is 0 Å². The van der Waals surface area contributed by atoms with E-state index in [4.69, 9.17) is 9.47 Å². The molecule has 0 aromatic heterocycles. The Kier molecular flexibility index (Phi) is 4.22. The van der Waals surface area contributed by atoms with Crippen LogP contribution in [0.5, 0.6) is 0 Å². The molecule has 4 heteroatoms. The Morgan fingerprint density at radius 3 is 2.47 bits per heavy atom. The van der Waals surface area contributed by atoms with Gasteiger partial charge in [-0.15, -0.1) is 0 Å². The van der Waals surface area contributed by atoms with E-state index in [9.17, 15) is 4.79 Å². The number of carbonyl (C=O) groups excluding carboxylic acids is 1. The molecular formula is C15H21NO3. The molecule has 0 aliphatic carbocycles. The molecule has 1 aromatic carbocycles. The molecule has 2 rings (SSSR count). The van der Waals surface area contributed by atoms with Gasteiger partial charge in [0.1, 0.15) is 5.41 Å². The van der Waals surface area contributed by atoms with Gasteiger partial charge in [0.15, 0.2) is 0 Å². The summed E-state index contributed by atoms with van der Waals surface area (Å²) in [6.45, 7) is 4.47. The Bertz CT molecular complexity index is 437. The standard InChI is InChI=1S/C15H21NO3/c1-12-4-6-13(7-5-12)8-16(2)9-15(10-19-11-15)14(17)18-3/h4-7H,8-11H2,1-3H3. The number of ether oxygens (including phenoxy) is 2. The lowest BCUT2D eigenvalue weighted by Crippen LogP contribution is -2.55. The van der Waals surface area contributed by atoms with E-state index >= 15 is 0 Å². The molecule has 0 saturated carbocycles. The van der Waals surface area contributed by atoms with Crippen LogP contribution in [0, 0.1) is 12.3 Å². The smallest absolute Gasteiger partial charge is 0.317 e. The van der Waals surface area contributed by atoms with Gasteiger partial charge in [-0.2, -0.15) is 0 Å². The third-order valence-electron chi connectivity index (χ3n) is 3.52. The third kappa shape index (κ3) is 3.14. The van der Waals surface area contributed by atoms with Crippen molar-refractivity contribution < 1.29 is 14.3 Å². The number of carbonyl (C=O) groups is 1. The van der Waals surface area contributed by atoms with Crippen LogP contribution in [0.15, 0.2) is 24.3 Å². The van der Waals surface area contributed by atoms with Crippen LogP contribution in [-0.2, 0) is 20.8 Å². The summed E-state index contributed by atoms with van der Waals surface area (Å²) in [5, 5.41) is 0. The van der Waals surface area contributed by atoms with E-state index in [1.807, 2.05) is 7.05 Å². The maximum Gasteiger partial charge on any atom is 0.317 e. The molecule has 1 aliphatic rings. The van der Waals surface area contributed by atoms with Crippen molar-refractivity contribution in [3.8, 4) is 0 Å². The Labute approximate surface area is 114 Å². The summed E-state index contributed by atoms with van der Waals surface area (Å²) in [6, 6.07) is 8.44. The maximum absolute atomic E-state index is 11.8. The molecule has 0 bridgehead atoms. The van der Waals surface area contributed by atoms with E-state index in [0.29, 0.717) is 19.8 Å². The predicted molar refractivity (Wildman–Crippen MR) is 72.8 cm³/mol. The second kappa shape index (κ2) is 5.72. The summed E-state index contributed by atoms with van der Waals surface area (Å²) in [7, 11) is 3.45. The van der Waals surface area contributed by atoms with Gasteiger partial charge in [0.25, 0.3) is 0 Å². The number of nitrogens with zero attached hydrogens (tertiary/aromatic N) is 1. The van der Waals surface area contributed by atoms with Crippen molar-refractivity contribution in [1.82, 2.24) is 4.90 Å². The highest BCUT2D eigenvalue weighted by molar-refractivity contribution is 5.78. The summed E-state index contributed by atoms with van der Waals surface area (Å²) >= 11 is 0. The van der Waals surface area contributed by atoms with Crippen LogP contribution in [-0.4, -0.2) is 44.8 Å². The molecule has 0 unspecified atom stereocenters. The zero-order chi connectivity index (χ0) is 13.9. The first kappa shape index (κ1) is 14.0. The van der Waals surface area contributed by atoms with Gasteiger partial charge in [0, 0.05) is 13.1 Å². The lowest BCUT2D eigenvalue weighted by atomic mass is 9.85. The van der Waals surface area contributed by atoms with Gasteiger partial charge in [-0.1, -0.05) is 29.8 Å². The van der Waals surface area contributed by atoms with Crippen molar-refractivity contribution in [1.29, 1.82) is 0 Å². The van der Waals surface area contributed by atoms with E-state index in [0.717, 1.165) is 6.54 Å². The topological polar surface area (TPSA) is 38.8 Å². The van der Waals surface area contributed by atoms with Crippen LogP contribution in [0.25, 0.3) is 0 Å². The molecule has 1 heterocycles. The molecule has 104 valence electrons. The first-order valence-corrected chi connectivity index (χ1v) is 6.46. The minimum atomic E-state index is -0.478. The summed E-state index contributed by atoms with van der Waals surface area (Å²) < 4.78 is 10.1. The summed E-state index contributed by atoms with van der Waals surface area (Å²) in [6.07, 6.45) is 0. The number of hydrogen-bond donors (Lipinski definition) is 0. The molecule has 19 heavy (non-hydrogen) atoms. The minimum Gasteiger partial charge on any atom is -0.468 e. The van der Waals surface area contributed by atoms with Gasteiger partial charge in [-0.3, -0.25) is 4.79 Å². The fraction of sp³-hybridized carbons (Fsp3) is 0.533. The van der Waals surface area contributed by atoms with Crippen molar-refractivity contribution in [3.63, 3.8) is 0 Å². The molecule has 0 N–H and O–H groups in total. The fourth-order valence-corrected chi connectivity index (χ4v) is 2.42. The third-order valence-corrected chi connectivity index (χ3v) is 3.52. The lowest BCUT2D eigenvalue weighted by Gasteiger charge is -2.41. The maximum atomic E-state index is 11.8. The molecule has 0 spiro atoms. The number of benzene rings is 1. The summed E-state index contributed by atoms with van der Waals surface area (Å²) in [5.74, 6) is -0.172. The quantitative estimate of drug-likeness (QED) is 0.757. The molecule has 4 nitrogen and oxygen atoms in total. The normalized spacial score (nSPS) is 17.1. The Morgan fingerprint density at radius 2 is 2.00 bits per heavy atom. The van der Waals surface area contributed by atoms with E-state index < -0.39 is 5.41 Å². The zero-order valence-corrected chi connectivity index (χ0v) is 11.8. The van der Waals surface area contributed by atoms with E-state index in [2.05, 4.69) is 36.1 Å². The fourth-order valence-electron chi connectivity index (χ4n) is 2.42. The number of methoxy groups -OCH3 is 1. The SMILES string of the molecule is COC(=O)C1(CN(C)Cc2ccc(C)cc2)COC1. The van der Waals surface area contributed by atoms with E-state index in [1.165, 1.54) is 18.2 Å². The van der Waals surface area contributed by atoms with E-state index in [1.54, 1.807) is 0 Å². The average Bonchev–Trinajstić information content (AvgIpc) is 2.36. The molecule has 0 amide bonds. The zero-order valence-electron chi connectivity index (χ0n) is 11.8. The molecule has 1 fully saturated rings. The molecule has 1 aromatic rings. The highest BCUT2D eigenvalue weighted by Crippen LogP contribution is 2.30. The molecular weight excluding hydrogens is 242 g/mol. The molecule has 1 aliphatic heterocycles. The van der Waals surface area contributed by atoms with Crippen LogP contribution in [0.3, 0.4) is 0 Å². The van der Waals surface area contributed by atoms with Crippen molar-refractivity contribution in [2.75, 3.05) is 33.9 Å². The second-order valence-electron chi connectivity index (χ2n) is 5.42. The van der Waals surface area contributed by atoms with Crippen LogP contribution in [0.1, 0.15) is 11.1 Å². The van der Waals surface area contributed by atoms with Gasteiger partial charge in [-0.05, 0) is 19.5 Å². The van der Waals surface area contributed by atoms with Crippen LogP contribution >= 0.6 is 0 Å². The van der Waals surface area contributed by atoms with Crippen molar-refractivity contribution in [3.05, 3.63) is 35.4 Å². The van der Waals surface area contributed by atoms with Crippen molar-refractivity contribution >= 4 is 5.97 Å². The van der Waals surface area contributed by atoms with Gasteiger partial charge < -0.3 is 14.4 Å². The molecule has 0 radical (unpaired) electrons. The molecule has 0 atom stereocenters. The van der Waals surface area contributed by atoms with E-state index in [-0.39, 0.29) is 5.97 Å². The lowest BCUT2D eigenvalue weighted by molar-refractivity contribution is -0.186. The van der Waals surface area contributed by atoms with Crippen molar-refractivity contribution in [2.45, 2.75) is 13.5 Å². The van der Waals surface area contributed by atoms with Crippen molar-refractivity contribution in [2.24, 2.45) is 5.41 Å². The predicted octanol–water partition coefficient (Wildman–Crippen LogP) is 1.62. The highest BCUT2D eigenvalue weighted by atomic mass is 16.5. The number of hydrogen-bond acceptors (Lipinski definition) is 4. The van der Waals surface area contributed by atoms with Crippen LogP contribution in [0.4, 0.5) is 0 Å². The average molecular weight is 263 g/mol.